The van der Waals surface area contributed by atoms with Gasteiger partial charge in [0.1, 0.15) is 18.0 Å². The molecule has 0 aromatic carbocycles. The summed E-state index contributed by atoms with van der Waals surface area (Å²) < 4.78 is 5.02. The topological polar surface area (TPSA) is 73.8 Å². The molecule has 3 rings (SSSR count). The Kier molecular flexibility index (Phi) is 7.44. The van der Waals surface area contributed by atoms with Crippen LogP contribution in [-0.4, -0.2) is 87.4 Å². The van der Waals surface area contributed by atoms with Crippen LogP contribution in [0.15, 0.2) is 12.4 Å². The number of anilines is 2. The predicted molar refractivity (Wildman–Crippen MR) is 111 cm³/mol. The van der Waals surface area contributed by atoms with Gasteiger partial charge in [-0.1, -0.05) is 0 Å². The van der Waals surface area contributed by atoms with Crippen molar-refractivity contribution in [3.8, 4) is 0 Å². The van der Waals surface area contributed by atoms with Gasteiger partial charge in [-0.2, -0.15) is 0 Å². The minimum absolute atomic E-state index is 0.105. The van der Waals surface area contributed by atoms with E-state index in [0.29, 0.717) is 19.2 Å². The Balaban J connectivity index is 1.50. The van der Waals surface area contributed by atoms with Gasteiger partial charge in [-0.3, -0.25) is 9.69 Å². The van der Waals surface area contributed by atoms with E-state index in [2.05, 4.69) is 31.2 Å². The van der Waals surface area contributed by atoms with E-state index in [1.807, 2.05) is 19.0 Å². The molecule has 0 radical (unpaired) electrons. The molecule has 28 heavy (non-hydrogen) atoms. The summed E-state index contributed by atoms with van der Waals surface area (Å²) in [6.45, 7) is 5.13. The molecular weight excluding hydrogens is 356 g/mol. The first-order valence-corrected chi connectivity index (χ1v) is 10.3. The van der Waals surface area contributed by atoms with Gasteiger partial charge in [0.2, 0.25) is 5.91 Å². The van der Waals surface area contributed by atoms with Gasteiger partial charge in [-0.25, -0.2) is 9.97 Å². The van der Waals surface area contributed by atoms with Crippen molar-refractivity contribution < 1.29 is 9.53 Å². The second kappa shape index (κ2) is 10.0. The van der Waals surface area contributed by atoms with E-state index < -0.39 is 0 Å². The van der Waals surface area contributed by atoms with Crippen molar-refractivity contribution >= 4 is 17.5 Å². The standard InChI is InChI=1S/C20H34N6O2/c1-24(2)18-13-19(23-15-22-18)25-10-6-17(7-11-25)26-9-4-5-16(14-26)20(27)21-8-12-28-3/h13,15-17H,4-12,14H2,1-3H3,(H,21,27)/t16-/m0/s1. The maximum absolute atomic E-state index is 12.4. The third-order valence-corrected chi connectivity index (χ3v) is 5.83. The van der Waals surface area contributed by atoms with Crippen LogP contribution in [0.3, 0.4) is 0 Å². The summed E-state index contributed by atoms with van der Waals surface area (Å²) in [5.41, 5.74) is 0. The number of likely N-dealkylation sites (tertiary alicyclic amines) is 1. The highest BCUT2D eigenvalue weighted by molar-refractivity contribution is 5.78. The number of hydrogen-bond donors (Lipinski definition) is 1. The minimum atomic E-state index is 0.105. The van der Waals surface area contributed by atoms with E-state index in [0.717, 1.165) is 63.5 Å². The molecule has 8 nitrogen and oxygen atoms in total. The molecule has 2 fully saturated rings. The lowest BCUT2D eigenvalue weighted by Gasteiger charge is -2.42. The average Bonchev–Trinajstić information content (AvgIpc) is 2.74. The largest absolute Gasteiger partial charge is 0.383 e. The van der Waals surface area contributed by atoms with Crippen LogP contribution in [0.4, 0.5) is 11.6 Å². The molecule has 1 amide bonds. The predicted octanol–water partition coefficient (Wildman–Crippen LogP) is 0.986. The number of nitrogens with zero attached hydrogens (tertiary/aromatic N) is 5. The Morgan fingerprint density at radius 3 is 2.75 bits per heavy atom. The molecule has 0 aliphatic carbocycles. The molecule has 0 bridgehead atoms. The van der Waals surface area contributed by atoms with E-state index in [9.17, 15) is 4.79 Å². The summed E-state index contributed by atoms with van der Waals surface area (Å²) in [6, 6.07) is 2.61. The molecule has 1 N–H and O–H groups in total. The number of ether oxygens (including phenoxy) is 1. The number of amides is 1. The molecule has 1 aromatic heterocycles. The molecule has 156 valence electrons. The summed E-state index contributed by atoms with van der Waals surface area (Å²) in [6.07, 6.45) is 5.95. The Bertz CT molecular complexity index is 633. The van der Waals surface area contributed by atoms with Crippen molar-refractivity contribution in [2.45, 2.75) is 31.7 Å². The number of piperidine rings is 2. The van der Waals surface area contributed by atoms with E-state index in [1.165, 1.54) is 0 Å². The number of carbonyl (C=O) groups excluding carboxylic acids is 1. The second-order valence-electron chi connectivity index (χ2n) is 7.96. The number of rotatable bonds is 7. The quantitative estimate of drug-likeness (QED) is 0.696. The zero-order valence-corrected chi connectivity index (χ0v) is 17.4. The van der Waals surface area contributed by atoms with Gasteiger partial charge >= 0.3 is 0 Å². The van der Waals surface area contributed by atoms with E-state index in [4.69, 9.17) is 4.74 Å². The Labute approximate surface area is 168 Å². The Morgan fingerprint density at radius 1 is 1.25 bits per heavy atom. The third-order valence-electron chi connectivity index (χ3n) is 5.83. The lowest BCUT2D eigenvalue weighted by atomic mass is 9.93. The summed E-state index contributed by atoms with van der Waals surface area (Å²) in [5, 5.41) is 3.00. The SMILES string of the molecule is COCCNC(=O)[C@H]1CCCN(C2CCN(c3cc(N(C)C)ncn3)CC2)C1. The van der Waals surface area contributed by atoms with Crippen LogP contribution in [0.5, 0.6) is 0 Å². The van der Waals surface area contributed by atoms with Gasteiger partial charge in [0, 0.05) is 59.5 Å². The van der Waals surface area contributed by atoms with Crippen molar-refractivity contribution in [2.24, 2.45) is 5.92 Å². The minimum Gasteiger partial charge on any atom is -0.383 e. The lowest BCUT2D eigenvalue weighted by Crippen LogP contribution is -2.51. The van der Waals surface area contributed by atoms with Gasteiger partial charge in [-0.15, -0.1) is 0 Å². The van der Waals surface area contributed by atoms with Crippen LogP contribution >= 0.6 is 0 Å². The maximum Gasteiger partial charge on any atom is 0.224 e. The van der Waals surface area contributed by atoms with Crippen LogP contribution in [0.25, 0.3) is 0 Å². The van der Waals surface area contributed by atoms with Crippen LogP contribution in [-0.2, 0) is 9.53 Å². The second-order valence-corrected chi connectivity index (χ2v) is 7.96. The molecule has 3 heterocycles. The number of carbonyl (C=O) groups is 1. The van der Waals surface area contributed by atoms with Crippen molar-refractivity contribution in [3.05, 3.63) is 12.4 Å². The fourth-order valence-electron chi connectivity index (χ4n) is 4.19. The van der Waals surface area contributed by atoms with Gasteiger partial charge < -0.3 is 19.9 Å². The van der Waals surface area contributed by atoms with Crippen LogP contribution < -0.4 is 15.1 Å². The highest BCUT2D eigenvalue weighted by atomic mass is 16.5. The molecule has 1 atom stereocenters. The molecule has 0 saturated carbocycles. The van der Waals surface area contributed by atoms with Gasteiger partial charge in [0.15, 0.2) is 0 Å². The van der Waals surface area contributed by atoms with E-state index in [1.54, 1.807) is 13.4 Å². The van der Waals surface area contributed by atoms with Crippen molar-refractivity contribution in [1.29, 1.82) is 0 Å². The fraction of sp³-hybridized carbons (Fsp3) is 0.750. The summed E-state index contributed by atoms with van der Waals surface area (Å²) in [5.74, 6) is 2.22. The molecule has 2 aliphatic rings. The van der Waals surface area contributed by atoms with Gasteiger partial charge in [-0.05, 0) is 32.2 Å². The first-order chi connectivity index (χ1) is 13.6. The molecule has 0 spiro atoms. The molecule has 8 heteroatoms. The number of nitrogens with one attached hydrogen (secondary N) is 1. The highest BCUT2D eigenvalue weighted by Gasteiger charge is 2.31. The molecule has 2 aliphatic heterocycles. The van der Waals surface area contributed by atoms with E-state index >= 15 is 0 Å². The van der Waals surface area contributed by atoms with Crippen LogP contribution in [0.2, 0.25) is 0 Å². The van der Waals surface area contributed by atoms with Gasteiger partial charge in [0.05, 0.1) is 12.5 Å². The smallest absolute Gasteiger partial charge is 0.224 e. The average molecular weight is 391 g/mol. The lowest BCUT2D eigenvalue weighted by molar-refractivity contribution is -0.127. The van der Waals surface area contributed by atoms with Crippen molar-refractivity contribution in [3.63, 3.8) is 0 Å². The molecular formula is C20H34N6O2. The molecule has 0 unspecified atom stereocenters. The van der Waals surface area contributed by atoms with Crippen molar-refractivity contribution in [1.82, 2.24) is 20.2 Å². The normalized spacial score (nSPS) is 21.5. The highest BCUT2D eigenvalue weighted by Crippen LogP contribution is 2.26. The summed E-state index contributed by atoms with van der Waals surface area (Å²) in [7, 11) is 5.65. The maximum atomic E-state index is 12.4. The number of hydrogen-bond acceptors (Lipinski definition) is 7. The number of aromatic nitrogens is 2. The summed E-state index contributed by atoms with van der Waals surface area (Å²) in [4.78, 5) is 28.1. The Hall–Kier alpha value is -1.93. The molecule has 2 saturated heterocycles. The first kappa shape index (κ1) is 20.8. The zero-order chi connectivity index (χ0) is 19.9. The fourth-order valence-corrected chi connectivity index (χ4v) is 4.19. The zero-order valence-electron chi connectivity index (χ0n) is 17.4. The van der Waals surface area contributed by atoms with Crippen LogP contribution in [0, 0.1) is 5.92 Å². The van der Waals surface area contributed by atoms with Crippen molar-refractivity contribution in [2.75, 3.05) is 70.3 Å². The molecule has 1 aromatic rings. The monoisotopic (exact) mass is 390 g/mol. The van der Waals surface area contributed by atoms with Crippen LogP contribution in [0.1, 0.15) is 25.7 Å². The number of methoxy groups -OCH3 is 1. The summed E-state index contributed by atoms with van der Waals surface area (Å²) >= 11 is 0. The first-order valence-electron chi connectivity index (χ1n) is 10.3. The van der Waals surface area contributed by atoms with E-state index in [-0.39, 0.29) is 11.8 Å². The van der Waals surface area contributed by atoms with Gasteiger partial charge in [0.25, 0.3) is 0 Å². The third kappa shape index (κ3) is 5.32. The Morgan fingerprint density at radius 2 is 2.04 bits per heavy atom.